The molecule has 0 unspecified atom stereocenters. The van der Waals surface area contributed by atoms with Crippen LogP contribution in [-0.4, -0.2) is 63.0 Å². The van der Waals surface area contributed by atoms with Crippen LogP contribution in [0.25, 0.3) is 11.0 Å². The fourth-order valence-corrected chi connectivity index (χ4v) is 6.51. The number of piperidine rings is 1. The predicted molar refractivity (Wildman–Crippen MR) is 160 cm³/mol. The van der Waals surface area contributed by atoms with E-state index in [1.165, 1.54) is 31.2 Å². The van der Waals surface area contributed by atoms with E-state index >= 15 is 0 Å². The number of para-hydroxylation sites is 1. The second kappa shape index (κ2) is 12.4. The number of rotatable bonds is 2. The number of aryl methyl sites for hydroxylation is 2. The van der Waals surface area contributed by atoms with E-state index in [0.717, 1.165) is 62.0 Å². The Labute approximate surface area is 237 Å². The molecule has 0 aliphatic carbocycles. The predicted octanol–water partition coefficient (Wildman–Crippen LogP) is 4.69. The third kappa shape index (κ3) is 5.87. The van der Waals surface area contributed by atoms with Gasteiger partial charge in [0.1, 0.15) is 0 Å². The average Bonchev–Trinajstić information content (AvgIpc) is 3.19. The SMILES string of the molecule is CC(=O)N1CCCCCCCCN(C2CCN(C(=O)c3ccc4c(c3)n(C)c(=O)n4C)CC2)Cc2ccccc21. The van der Waals surface area contributed by atoms with Crippen LogP contribution in [0.1, 0.15) is 74.2 Å². The van der Waals surface area contributed by atoms with E-state index in [4.69, 9.17) is 0 Å². The molecule has 0 spiro atoms. The van der Waals surface area contributed by atoms with Gasteiger partial charge in [0.05, 0.1) is 11.0 Å². The Hall–Kier alpha value is -3.39. The lowest BCUT2D eigenvalue weighted by atomic mass is 10.00. The number of carbonyl (C=O) groups is 2. The molecular formula is C32H43N5O3. The van der Waals surface area contributed by atoms with Gasteiger partial charge in [-0.15, -0.1) is 0 Å². The lowest BCUT2D eigenvalue weighted by molar-refractivity contribution is -0.116. The second-order valence-corrected chi connectivity index (χ2v) is 11.5. The Bertz CT molecular complexity index is 1420. The van der Waals surface area contributed by atoms with E-state index in [0.29, 0.717) is 24.7 Å². The van der Waals surface area contributed by atoms with Crippen molar-refractivity contribution in [3.8, 4) is 0 Å². The van der Waals surface area contributed by atoms with Gasteiger partial charge in [-0.2, -0.15) is 0 Å². The largest absolute Gasteiger partial charge is 0.339 e. The highest BCUT2D eigenvalue weighted by Crippen LogP contribution is 2.28. The number of benzene rings is 2. The van der Waals surface area contributed by atoms with Gasteiger partial charge in [0.25, 0.3) is 5.91 Å². The summed E-state index contributed by atoms with van der Waals surface area (Å²) in [6.07, 6.45) is 8.92. The Morgan fingerprint density at radius 3 is 2.15 bits per heavy atom. The Kier molecular flexibility index (Phi) is 8.74. The smallest absolute Gasteiger partial charge is 0.328 e. The average molecular weight is 546 g/mol. The molecule has 8 heteroatoms. The number of nitrogens with zero attached hydrogens (tertiary/aromatic N) is 5. The number of amides is 2. The normalized spacial score (nSPS) is 18.6. The van der Waals surface area contributed by atoms with Crippen LogP contribution in [0, 0.1) is 0 Å². The highest BCUT2D eigenvalue weighted by Gasteiger charge is 2.29. The van der Waals surface area contributed by atoms with E-state index in [-0.39, 0.29) is 17.5 Å². The number of carbonyl (C=O) groups excluding carboxylic acids is 2. The van der Waals surface area contributed by atoms with Gasteiger partial charge in [-0.1, -0.05) is 43.9 Å². The fraction of sp³-hybridized carbons (Fsp3) is 0.531. The van der Waals surface area contributed by atoms with Crippen molar-refractivity contribution in [2.24, 2.45) is 14.1 Å². The van der Waals surface area contributed by atoms with E-state index in [2.05, 4.69) is 23.1 Å². The molecule has 2 amide bonds. The number of imidazole rings is 1. The van der Waals surface area contributed by atoms with Crippen LogP contribution in [0.4, 0.5) is 5.69 Å². The number of fused-ring (bicyclic) bond motifs is 2. The lowest BCUT2D eigenvalue weighted by Gasteiger charge is -2.39. The van der Waals surface area contributed by atoms with Crippen LogP contribution >= 0.6 is 0 Å². The van der Waals surface area contributed by atoms with Crippen molar-refractivity contribution >= 4 is 28.5 Å². The first-order valence-electron chi connectivity index (χ1n) is 14.9. The zero-order chi connectivity index (χ0) is 28.2. The lowest BCUT2D eigenvalue weighted by Crippen LogP contribution is -2.47. The van der Waals surface area contributed by atoms with Crippen molar-refractivity contribution in [1.82, 2.24) is 18.9 Å². The van der Waals surface area contributed by atoms with E-state index in [9.17, 15) is 14.4 Å². The molecule has 0 N–H and O–H groups in total. The van der Waals surface area contributed by atoms with Gasteiger partial charge in [0.2, 0.25) is 5.91 Å². The topological polar surface area (TPSA) is 70.8 Å². The van der Waals surface area contributed by atoms with E-state index < -0.39 is 0 Å². The molecule has 1 fully saturated rings. The van der Waals surface area contributed by atoms with E-state index in [1.54, 1.807) is 30.2 Å². The summed E-state index contributed by atoms with van der Waals surface area (Å²) in [6.45, 7) is 5.73. The van der Waals surface area contributed by atoms with Crippen molar-refractivity contribution in [2.45, 2.75) is 70.9 Å². The maximum absolute atomic E-state index is 13.5. The fourth-order valence-electron chi connectivity index (χ4n) is 6.51. The zero-order valence-electron chi connectivity index (χ0n) is 24.3. The standard InChI is InChI=1S/C32H43N5O3/c1-24(38)37-19-11-7-5-4-6-10-18-36(23-26-12-8-9-13-28(26)37)27-16-20-35(21-17-27)31(39)25-14-15-29-30(22-25)34(3)32(40)33(29)2/h8-9,12-15,22,27H,4-7,10-11,16-21,23H2,1-3H3. The minimum Gasteiger partial charge on any atom is -0.339 e. The van der Waals surface area contributed by atoms with Crippen LogP contribution in [0.5, 0.6) is 0 Å². The summed E-state index contributed by atoms with van der Waals surface area (Å²) in [5.41, 5.74) is 4.40. The van der Waals surface area contributed by atoms with Crippen LogP contribution in [0.2, 0.25) is 0 Å². The maximum Gasteiger partial charge on any atom is 0.328 e. The number of anilines is 1. The first kappa shape index (κ1) is 28.1. The third-order valence-corrected chi connectivity index (χ3v) is 8.90. The zero-order valence-corrected chi connectivity index (χ0v) is 24.3. The van der Waals surface area contributed by atoms with Crippen molar-refractivity contribution in [2.75, 3.05) is 31.1 Å². The Morgan fingerprint density at radius 2 is 1.43 bits per heavy atom. The molecular weight excluding hydrogens is 502 g/mol. The van der Waals surface area contributed by atoms with Gasteiger partial charge in [-0.05, 0) is 62.1 Å². The van der Waals surface area contributed by atoms with Gasteiger partial charge in [-0.3, -0.25) is 23.6 Å². The highest BCUT2D eigenvalue weighted by molar-refractivity contribution is 5.97. The van der Waals surface area contributed by atoms with Gasteiger partial charge in [-0.25, -0.2) is 4.79 Å². The van der Waals surface area contributed by atoms with Crippen LogP contribution in [-0.2, 0) is 25.4 Å². The monoisotopic (exact) mass is 545 g/mol. The van der Waals surface area contributed by atoms with Gasteiger partial charge >= 0.3 is 5.69 Å². The molecule has 3 heterocycles. The second-order valence-electron chi connectivity index (χ2n) is 11.5. The molecule has 5 rings (SSSR count). The summed E-state index contributed by atoms with van der Waals surface area (Å²) in [6, 6.07) is 14.3. The molecule has 1 aromatic heterocycles. The summed E-state index contributed by atoms with van der Waals surface area (Å²) in [5.74, 6) is 0.137. The van der Waals surface area contributed by atoms with E-state index in [1.807, 2.05) is 34.1 Å². The molecule has 8 nitrogen and oxygen atoms in total. The van der Waals surface area contributed by atoms with Gasteiger partial charge in [0.15, 0.2) is 0 Å². The van der Waals surface area contributed by atoms with Crippen molar-refractivity contribution in [3.63, 3.8) is 0 Å². The summed E-state index contributed by atoms with van der Waals surface area (Å²) >= 11 is 0. The molecule has 0 atom stereocenters. The molecule has 0 bridgehead atoms. The third-order valence-electron chi connectivity index (χ3n) is 8.90. The first-order valence-corrected chi connectivity index (χ1v) is 14.9. The minimum atomic E-state index is -0.0879. The van der Waals surface area contributed by atoms with Crippen molar-refractivity contribution in [1.29, 1.82) is 0 Å². The Balaban J connectivity index is 1.31. The maximum atomic E-state index is 13.5. The van der Waals surface area contributed by atoms with Crippen molar-refractivity contribution < 1.29 is 9.59 Å². The molecule has 0 radical (unpaired) electrons. The number of hydrogen-bond acceptors (Lipinski definition) is 4. The molecule has 2 aliphatic heterocycles. The molecule has 2 aliphatic rings. The summed E-state index contributed by atoms with van der Waals surface area (Å²) in [4.78, 5) is 44.9. The molecule has 0 saturated carbocycles. The number of hydrogen-bond donors (Lipinski definition) is 0. The number of aromatic nitrogens is 2. The van der Waals surface area contributed by atoms with Crippen LogP contribution in [0.15, 0.2) is 47.3 Å². The minimum absolute atomic E-state index is 0.0315. The molecule has 40 heavy (non-hydrogen) atoms. The van der Waals surface area contributed by atoms with Gasteiger partial charge in [0, 0.05) is 64.5 Å². The summed E-state index contributed by atoms with van der Waals surface area (Å²) in [7, 11) is 3.50. The highest BCUT2D eigenvalue weighted by atomic mass is 16.2. The Morgan fingerprint density at radius 1 is 0.775 bits per heavy atom. The molecule has 3 aromatic rings. The van der Waals surface area contributed by atoms with Crippen molar-refractivity contribution in [3.05, 3.63) is 64.1 Å². The van der Waals surface area contributed by atoms with Crippen LogP contribution < -0.4 is 10.6 Å². The van der Waals surface area contributed by atoms with Crippen LogP contribution in [0.3, 0.4) is 0 Å². The van der Waals surface area contributed by atoms with Gasteiger partial charge < -0.3 is 9.80 Å². The number of likely N-dealkylation sites (tertiary alicyclic amines) is 1. The molecule has 214 valence electrons. The first-order chi connectivity index (χ1) is 19.3. The summed E-state index contributed by atoms with van der Waals surface area (Å²) in [5, 5.41) is 0. The molecule has 2 aromatic carbocycles. The summed E-state index contributed by atoms with van der Waals surface area (Å²) < 4.78 is 3.21. The quantitative estimate of drug-likeness (QED) is 0.469. The molecule has 1 saturated heterocycles.